The third-order valence-corrected chi connectivity index (χ3v) is 7.91. The van der Waals surface area contributed by atoms with Crippen LogP contribution in [-0.2, 0) is 12.1 Å². The number of aromatic nitrogens is 1. The number of ether oxygens (including phenoxy) is 1. The second-order valence-electron chi connectivity index (χ2n) is 10.00. The van der Waals surface area contributed by atoms with Crippen molar-refractivity contribution in [2.75, 3.05) is 0 Å². The van der Waals surface area contributed by atoms with Gasteiger partial charge in [-0.3, -0.25) is 0 Å². The van der Waals surface area contributed by atoms with Crippen LogP contribution in [-0.4, -0.2) is 0 Å². The van der Waals surface area contributed by atoms with Crippen molar-refractivity contribution >= 4 is 43.2 Å². The molecule has 2 heterocycles. The fourth-order valence-corrected chi connectivity index (χ4v) is 6.36. The quantitative estimate of drug-likeness (QED) is 0.142. The van der Waals surface area contributed by atoms with E-state index in [0.29, 0.717) is 6.73 Å². The SMILES string of the molecule is CC1(C)c2cc3c4ccccc4ccc3[n+]3c2-c2c(cc4cc5ccccc5cc4c21)OC3. The van der Waals surface area contributed by atoms with Gasteiger partial charge in [0.2, 0.25) is 11.2 Å². The number of rotatable bonds is 0. The summed E-state index contributed by atoms with van der Waals surface area (Å²) in [5, 5.41) is 9.03. The standard InChI is InChI=1S/C31H22NO/c1-31(2)25-16-24-22-10-6-5-7-18(22)11-12-26(24)32-17-33-27-15-21-13-19-8-3-4-9-20(19)14-23(21)29(31)28(27)30(25)32/h3-16H,17H2,1-2H3/q+1. The Morgan fingerprint density at radius 3 is 2.30 bits per heavy atom. The molecule has 0 radical (unpaired) electrons. The maximum Gasteiger partial charge on any atom is 0.293 e. The first-order chi connectivity index (χ1) is 16.1. The molecule has 2 nitrogen and oxygen atoms in total. The van der Waals surface area contributed by atoms with Crippen LogP contribution in [0.1, 0.15) is 25.0 Å². The van der Waals surface area contributed by atoms with Gasteiger partial charge in [0, 0.05) is 17.0 Å². The second kappa shape index (κ2) is 5.71. The molecular weight excluding hydrogens is 402 g/mol. The van der Waals surface area contributed by atoms with Gasteiger partial charge in [0.25, 0.3) is 6.73 Å². The maximum atomic E-state index is 6.46. The van der Waals surface area contributed by atoms with Crippen molar-refractivity contribution in [2.45, 2.75) is 26.0 Å². The molecule has 0 amide bonds. The molecular formula is C31H22NO+. The molecule has 5 aromatic carbocycles. The van der Waals surface area contributed by atoms with Gasteiger partial charge >= 0.3 is 0 Å². The smallest absolute Gasteiger partial charge is 0.293 e. The molecule has 1 aromatic heterocycles. The van der Waals surface area contributed by atoms with Gasteiger partial charge in [-0.1, -0.05) is 62.4 Å². The summed E-state index contributed by atoms with van der Waals surface area (Å²) in [6, 6.07) is 31.2. The summed E-state index contributed by atoms with van der Waals surface area (Å²) >= 11 is 0. The van der Waals surface area contributed by atoms with Gasteiger partial charge in [-0.15, -0.1) is 0 Å². The van der Waals surface area contributed by atoms with Gasteiger partial charge in [-0.2, -0.15) is 4.57 Å². The zero-order valence-electron chi connectivity index (χ0n) is 18.6. The molecule has 0 saturated carbocycles. The first-order valence-corrected chi connectivity index (χ1v) is 11.6. The van der Waals surface area contributed by atoms with Crippen LogP contribution in [0.2, 0.25) is 0 Å². The van der Waals surface area contributed by atoms with Gasteiger partial charge in [0.1, 0.15) is 5.75 Å². The van der Waals surface area contributed by atoms with Crippen LogP contribution in [0.3, 0.4) is 0 Å². The number of hydrogen-bond donors (Lipinski definition) is 0. The first kappa shape index (κ1) is 17.6. The van der Waals surface area contributed by atoms with Gasteiger partial charge in [0.05, 0.1) is 10.9 Å². The van der Waals surface area contributed by atoms with Gasteiger partial charge in [-0.05, 0) is 68.2 Å². The first-order valence-electron chi connectivity index (χ1n) is 11.6. The van der Waals surface area contributed by atoms with E-state index in [1.807, 2.05) is 0 Å². The van der Waals surface area contributed by atoms with Crippen molar-refractivity contribution in [3.05, 3.63) is 96.1 Å². The summed E-state index contributed by atoms with van der Waals surface area (Å²) in [4.78, 5) is 0. The molecule has 0 atom stereocenters. The van der Waals surface area contributed by atoms with E-state index >= 15 is 0 Å². The highest BCUT2D eigenvalue weighted by Gasteiger charge is 2.47. The lowest BCUT2D eigenvalue weighted by atomic mass is 9.79. The predicted molar refractivity (Wildman–Crippen MR) is 135 cm³/mol. The summed E-state index contributed by atoms with van der Waals surface area (Å²) in [6.45, 7) is 5.30. The Bertz CT molecular complexity index is 1840. The topological polar surface area (TPSA) is 13.1 Å². The zero-order valence-corrected chi connectivity index (χ0v) is 18.6. The molecule has 0 spiro atoms. The minimum absolute atomic E-state index is 0.123. The van der Waals surface area contributed by atoms with Crippen molar-refractivity contribution in [2.24, 2.45) is 0 Å². The number of fused-ring (bicyclic) bond motifs is 7. The van der Waals surface area contributed by atoms with Crippen molar-refractivity contribution in [1.82, 2.24) is 0 Å². The van der Waals surface area contributed by atoms with Gasteiger partial charge in [-0.25, -0.2) is 0 Å². The fourth-order valence-electron chi connectivity index (χ4n) is 6.36. The Morgan fingerprint density at radius 1 is 0.697 bits per heavy atom. The lowest BCUT2D eigenvalue weighted by Gasteiger charge is -2.22. The number of hydrogen-bond acceptors (Lipinski definition) is 1. The number of benzene rings is 5. The maximum absolute atomic E-state index is 6.46. The zero-order chi connectivity index (χ0) is 21.9. The van der Waals surface area contributed by atoms with Crippen LogP contribution < -0.4 is 9.30 Å². The van der Waals surface area contributed by atoms with E-state index in [0.717, 1.165) is 5.75 Å². The van der Waals surface area contributed by atoms with Crippen molar-refractivity contribution < 1.29 is 9.30 Å². The van der Waals surface area contributed by atoms with Gasteiger partial charge < -0.3 is 4.74 Å². The Kier molecular flexibility index (Phi) is 3.05. The minimum Gasteiger partial charge on any atom is -0.435 e. The fraction of sp³-hybridized carbons (Fsp3) is 0.129. The Morgan fingerprint density at radius 2 is 1.45 bits per heavy atom. The molecule has 0 bridgehead atoms. The van der Waals surface area contributed by atoms with E-state index in [1.54, 1.807) is 0 Å². The lowest BCUT2D eigenvalue weighted by molar-refractivity contribution is -0.693. The highest BCUT2D eigenvalue weighted by atomic mass is 16.5. The van der Waals surface area contributed by atoms with Crippen LogP contribution >= 0.6 is 0 Å². The molecule has 8 rings (SSSR count). The van der Waals surface area contributed by atoms with Crippen LogP contribution in [0.15, 0.2) is 84.9 Å². The van der Waals surface area contributed by atoms with Crippen LogP contribution in [0.5, 0.6) is 5.75 Å². The summed E-state index contributed by atoms with van der Waals surface area (Å²) < 4.78 is 8.85. The summed E-state index contributed by atoms with van der Waals surface area (Å²) in [7, 11) is 0. The predicted octanol–water partition coefficient (Wildman–Crippen LogP) is 7.24. The Labute approximate surface area is 191 Å². The molecule has 0 N–H and O–H groups in total. The largest absolute Gasteiger partial charge is 0.435 e. The third kappa shape index (κ3) is 2.07. The summed E-state index contributed by atoms with van der Waals surface area (Å²) in [5.41, 5.74) is 6.51. The molecule has 156 valence electrons. The molecule has 0 unspecified atom stereocenters. The average Bonchev–Trinajstić information content (AvgIpc) is 3.08. The minimum atomic E-state index is -0.123. The van der Waals surface area contributed by atoms with Crippen LogP contribution in [0.4, 0.5) is 0 Å². The lowest BCUT2D eigenvalue weighted by Crippen LogP contribution is -2.42. The van der Waals surface area contributed by atoms with E-state index < -0.39 is 0 Å². The molecule has 1 aliphatic carbocycles. The van der Waals surface area contributed by atoms with Crippen molar-refractivity contribution in [3.8, 4) is 17.0 Å². The van der Waals surface area contributed by atoms with E-state index in [9.17, 15) is 0 Å². The molecule has 2 heteroatoms. The highest BCUT2D eigenvalue weighted by molar-refractivity contribution is 6.09. The third-order valence-electron chi connectivity index (χ3n) is 7.91. The molecule has 33 heavy (non-hydrogen) atoms. The number of nitrogens with zero attached hydrogens (tertiary/aromatic N) is 1. The van der Waals surface area contributed by atoms with Crippen molar-refractivity contribution in [3.63, 3.8) is 0 Å². The van der Waals surface area contributed by atoms with Crippen molar-refractivity contribution in [1.29, 1.82) is 0 Å². The number of pyridine rings is 1. The molecule has 1 aliphatic heterocycles. The second-order valence-corrected chi connectivity index (χ2v) is 10.00. The van der Waals surface area contributed by atoms with E-state index in [2.05, 4.69) is 103 Å². The molecule has 6 aromatic rings. The normalized spacial score (nSPS) is 15.3. The summed E-state index contributed by atoms with van der Waals surface area (Å²) in [6.07, 6.45) is 0. The average molecular weight is 425 g/mol. The Hall–Kier alpha value is -3.91. The van der Waals surface area contributed by atoms with Crippen LogP contribution in [0.25, 0.3) is 54.5 Å². The van der Waals surface area contributed by atoms with Crippen LogP contribution in [0, 0.1) is 0 Å². The monoisotopic (exact) mass is 424 g/mol. The van der Waals surface area contributed by atoms with E-state index in [-0.39, 0.29) is 5.41 Å². The molecule has 0 fully saturated rings. The molecule has 2 aliphatic rings. The summed E-state index contributed by atoms with van der Waals surface area (Å²) in [5.74, 6) is 1.01. The van der Waals surface area contributed by atoms with E-state index in [4.69, 9.17) is 4.74 Å². The molecule has 0 saturated heterocycles. The van der Waals surface area contributed by atoms with E-state index in [1.165, 1.54) is 65.6 Å². The Balaban J connectivity index is 1.57. The van der Waals surface area contributed by atoms with Gasteiger partial charge in [0.15, 0.2) is 0 Å². The highest BCUT2D eigenvalue weighted by Crippen LogP contribution is 2.55.